The van der Waals surface area contributed by atoms with Crippen molar-refractivity contribution in [3.05, 3.63) is 114 Å². The average molecular weight is 564 g/mol. The van der Waals surface area contributed by atoms with Crippen LogP contribution in [0.25, 0.3) is 11.1 Å². The number of hydrogen-bond acceptors (Lipinski definition) is 8. The van der Waals surface area contributed by atoms with Crippen molar-refractivity contribution in [3.63, 3.8) is 0 Å². The van der Waals surface area contributed by atoms with Gasteiger partial charge in [-0.05, 0) is 66.2 Å². The van der Waals surface area contributed by atoms with Gasteiger partial charge in [0.2, 0.25) is 11.8 Å². The Morgan fingerprint density at radius 3 is 2.43 bits per heavy atom. The second kappa shape index (κ2) is 13.2. The van der Waals surface area contributed by atoms with Crippen LogP contribution in [-0.4, -0.2) is 52.9 Å². The van der Waals surface area contributed by atoms with Gasteiger partial charge in [-0.25, -0.2) is 4.79 Å². The van der Waals surface area contributed by atoms with E-state index < -0.39 is 5.97 Å². The van der Waals surface area contributed by atoms with Crippen LogP contribution in [0.4, 0.5) is 17.4 Å². The molecule has 0 saturated heterocycles. The highest BCUT2D eigenvalue weighted by atomic mass is 16.5. The van der Waals surface area contributed by atoms with Crippen molar-refractivity contribution in [2.24, 2.45) is 0 Å². The zero-order chi connectivity index (χ0) is 29.3. The largest absolute Gasteiger partial charge is 0.465 e. The molecule has 42 heavy (non-hydrogen) atoms. The Labute approximate surface area is 242 Å². The van der Waals surface area contributed by atoms with Gasteiger partial charge in [-0.2, -0.15) is 4.98 Å². The normalized spacial score (nSPS) is 10.7. The van der Waals surface area contributed by atoms with Crippen LogP contribution >= 0.6 is 0 Å². The fourth-order valence-corrected chi connectivity index (χ4v) is 4.33. The lowest BCUT2D eigenvalue weighted by Crippen LogP contribution is -2.40. The van der Waals surface area contributed by atoms with Gasteiger partial charge >= 0.3 is 5.97 Å². The highest BCUT2D eigenvalue weighted by Crippen LogP contribution is 2.23. The second-order valence-electron chi connectivity index (χ2n) is 9.49. The fraction of sp³-hybridized carbons (Fsp3) is 0.156. The summed E-state index contributed by atoms with van der Waals surface area (Å²) in [7, 11) is 1.30. The molecule has 0 radical (unpaired) electrons. The monoisotopic (exact) mass is 563 g/mol. The van der Waals surface area contributed by atoms with E-state index in [0.717, 1.165) is 16.9 Å². The van der Waals surface area contributed by atoms with Crippen molar-refractivity contribution in [1.29, 1.82) is 0 Å². The van der Waals surface area contributed by atoms with Crippen molar-refractivity contribution in [2.45, 2.75) is 12.8 Å². The molecule has 2 heterocycles. The predicted octanol–water partition coefficient (Wildman–Crippen LogP) is 5.01. The van der Waals surface area contributed by atoms with Crippen LogP contribution in [0.15, 0.2) is 102 Å². The molecule has 0 unspecified atom stereocenters. The summed E-state index contributed by atoms with van der Waals surface area (Å²) in [5, 5.41) is 5.92. The van der Waals surface area contributed by atoms with Gasteiger partial charge < -0.3 is 24.7 Å². The maximum Gasteiger partial charge on any atom is 0.337 e. The molecule has 0 aliphatic carbocycles. The van der Waals surface area contributed by atoms with Gasteiger partial charge in [0.25, 0.3) is 6.01 Å². The summed E-state index contributed by atoms with van der Waals surface area (Å²) in [5.74, 6) is -1.05. The minimum absolute atomic E-state index is 0.0708. The molecule has 0 aliphatic heterocycles. The molecule has 0 aliphatic rings. The van der Waals surface area contributed by atoms with Crippen molar-refractivity contribution in [1.82, 2.24) is 14.9 Å². The number of hydrogen-bond donors (Lipinski definition) is 2. The van der Waals surface area contributed by atoms with E-state index in [1.807, 2.05) is 54.6 Å². The Bertz CT molecular complexity index is 1670. The smallest absolute Gasteiger partial charge is 0.337 e. The SMILES string of the molecule is COC(=O)c1ccc(NC(=O)CN(CCc2ccccn2)C(=O)Cc2ccc3nc(Nc4ccccc4)oc3c2)cc1. The number of carbonyl (C=O) groups excluding carboxylic acids is 3. The lowest BCUT2D eigenvalue weighted by Gasteiger charge is -2.22. The first-order valence-electron chi connectivity index (χ1n) is 13.3. The predicted molar refractivity (Wildman–Crippen MR) is 158 cm³/mol. The molecule has 0 bridgehead atoms. The summed E-state index contributed by atoms with van der Waals surface area (Å²) >= 11 is 0. The van der Waals surface area contributed by atoms with E-state index in [1.165, 1.54) is 12.0 Å². The van der Waals surface area contributed by atoms with Crippen LogP contribution in [0.2, 0.25) is 0 Å². The van der Waals surface area contributed by atoms with E-state index >= 15 is 0 Å². The van der Waals surface area contributed by atoms with E-state index in [9.17, 15) is 14.4 Å². The third-order valence-electron chi connectivity index (χ3n) is 6.47. The van der Waals surface area contributed by atoms with E-state index in [1.54, 1.807) is 42.6 Å². The molecule has 212 valence electrons. The van der Waals surface area contributed by atoms with Gasteiger partial charge in [0, 0.05) is 36.2 Å². The van der Waals surface area contributed by atoms with Crippen LogP contribution in [0.1, 0.15) is 21.6 Å². The Morgan fingerprint density at radius 1 is 0.905 bits per heavy atom. The number of oxazole rings is 1. The standard InChI is InChI=1S/C32H29N5O5/c1-41-31(40)23-11-13-26(14-12-23)34-29(38)21-37(18-16-24-7-5-6-17-33-24)30(39)20-22-10-15-27-28(19-22)42-32(36-27)35-25-8-3-2-4-9-25/h2-15,17,19H,16,18,20-21H2,1H3,(H,34,38)(H,35,36). The number of para-hydroxylation sites is 1. The maximum atomic E-state index is 13.5. The number of nitrogens with zero attached hydrogens (tertiary/aromatic N) is 3. The number of benzene rings is 3. The highest BCUT2D eigenvalue weighted by molar-refractivity contribution is 5.96. The number of amides is 2. The van der Waals surface area contributed by atoms with Gasteiger partial charge in [-0.3, -0.25) is 14.6 Å². The minimum Gasteiger partial charge on any atom is -0.465 e. The molecule has 0 spiro atoms. The molecule has 10 heteroatoms. The van der Waals surface area contributed by atoms with Crippen molar-refractivity contribution in [2.75, 3.05) is 30.8 Å². The first-order chi connectivity index (χ1) is 20.5. The first-order valence-corrected chi connectivity index (χ1v) is 13.3. The number of methoxy groups -OCH3 is 1. The number of ether oxygens (including phenoxy) is 1. The van der Waals surface area contributed by atoms with Crippen LogP contribution in [-0.2, 0) is 27.2 Å². The van der Waals surface area contributed by atoms with Crippen molar-refractivity contribution >= 4 is 46.3 Å². The molecule has 3 aromatic carbocycles. The van der Waals surface area contributed by atoms with E-state index in [4.69, 9.17) is 9.15 Å². The number of aromatic nitrogens is 2. The fourth-order valence-electron chi connectivity index (χ4n) is 4.33. The lowest BCUT2D eigenvalue weighted by molar-refractivity contribution is -0.134. The third kappa shape index (κ3) is 7.36. The average Bonchev–Trinajstić information content (AvgIpc) is 3.41. The number of carbonyl (C=O) groups is 3. The van der Waals surface area contributed by atoms with Crippen molar-refractivity contribution < 1.29 is 23.5 Å². The van der Waals surface area contributed by atoms with Crippen LogP contribution in [0.5, 0.6) is 0 Å². The van der Waals surface area contributed by atoms with Crippen LogP contribution < -0.4 is 10.6 Å². The topological polar surface area (TPSA) is 127 Å². The number of nitrogens with one attached hydrogen (secondary N) is 2. The molecule has 2 N–H and O–H groups in total. The molecule has 0 fully saturated rings. The molecule has 0 atom stereocenters. The van der Waals surface area contributed by atoms with Crippen LogP contribution in [0.3, 0.4) is 0 Å². The summed E-state index contributed by atoms with van der Waals surface area (Å²) in [6.07, 6.45) is 2.25. The van der Waals surface area contributed by atoms with Crippen molar-refractivity contribution in [3.8, 4) is 0 Å². The van der Waals surface area contributed by atoms with Gasteiger partial charge in [-0.15, -0.1) is 0 Å². The number of rotatable bonds is 11. The molecule has 0 saturated carbocycles. The Hall–Kier alpha value is -5.51. The zero-order valence-corrected chi connectivity index (χ0v) is 22.9. The maximum absolute atomic E-state index is 13.5. The van der Waals surface area contributed by atoms with Gasteiger partial charge in [-0.1, -0.05) is 30.3 Å². The van der Waals surface area contributed by atoms with E-state index in [2.05, 4.69) is 20.6 Å². The Balaban J connectivity index is 1.27. The molecule has 2 amide bonds. The van der Waals surface area contributed by atoms with Gasteiger partial charge in [0.15, 0.2) is 5.58 Å². The van der Waals surface area contributed by atoms with E-state index in [0.29, 0.717) is 41.3 Å². The number of pyridine rings is 1. The second-order valence-corrected chi connectivity index (χ2v) is 9.49. The molecular weight excluding hydrogens is 534 g/mol. The Morgan fingerprint density at radius 2 is 1.69 bits per heavy atom. The summed E-state index contributed by atoms with van der Waals surface area (Å²) in [4.78, 5) is 48.4. The first kappa shape index (κ1) is 28.0. The molecule has 5 rings (SSSR count). The molecular formula is C32H29N5O5. The quantitative estimate of drug-likeness (QED) is 0.215. The summed E-state index contributed by atoms with van der Waals surface area (Å²) < 4.78 is 10.6. The summed E-state index contributed by atoms with van der Waals surface area (Å²) in [6.45, 7) is 0.153. The zero-order valence-electron chi connectivity index (χ0n) is 22.9. The van der Waals surface area contributed by atoms with Gasteiger partial charge in [0.1, 0.15) is 5.52 Å². The van der Waals surface area contributed by atoms with Gasteiger partial charge in [0.05, 0.1) is 25.6 Å². The highest BCUT2D eigenvalue weighted by Gasteiger charge is 2.19. The minimum atomic E-state index is -0.466. The van der Waals surface area contributed by atoms with E-state index in [-0.39, 0.29) is 24.8 Å². The number of fused-ring (bicyclic) bond motifs is 1. The molecule has 10 nitrogen and oxygen atoms in total. The van der Waals surface area contributed by atoms with Crippen LogP contribution in [0, 0.1) is 0 Å². The summed E-state index contributed by atoms with van der Waals surface area (Å²) in [5.41, 5.74) is 4.48. The molecule has 5 aromatic rings. The molecule has 2 aromatic heterocycles. The lowest BCUT2D eigenvalue weighted by atomic mass is 10.1. The number of anilines is 3. The Kier molecular flexibility index (Phi) is 8.83. The third-order valence-corrected chi connectivity index (χ3v) is 6.47. The summed E-state index contributed by atoms with van der Waals surface area (Å²) in [6, 6.07) is 27.3. The number of esters is 1.